The fourth-order valence-corrected chi connectivity index (χ4v) is 1.65. The normalized spacial score (nSPS) is 13.8. The molecule has 14 heavy (non-hydrogen) atoms. The van der Waals surface area contributed by atoms with E-state index in [4.69, 9.17) is 12.2 Å². The first-order valence-corrected chi connectivity index (χ1v) is 5.83. The first-order chi connectivity index (χ1) is 6.44. The maximum atomic E-state index is 10.9. The van der Waals surface area contributed by atoms with Crippen LogP contribution in [0.25, 0.3) is 0 Å². The minimum Gasteiger partial charge on any atom is -0.220 e. The molecule has 0 aliphatic heterocycles. The fraction of sp³-hybridized carbons (Fsp3) is 0.400. The number of aromatic nitrogens is 4. The molecule has 0 saturated heterocycles. The van der Waals surface area contributed by atoms with Crippen LogP contribution in [0.4, 0.5) is 0 Å². The van der Waals surface area contributed by atoms with E-state index in [1.807, 2.05) is 0 Å². The first-order valence-electron chi connectivity index (χ1n) is 3.53. The molecule has 78 valence electrons. The molecule has 0 aromatic carbocycles. The number of nitrogens with zero attached hydrogens (tertiary/aromatic N) is 3. The quantitative estimate of drug-likeness (QED) is 0.545. The highest BCUT2D eigenvalue weighted by Crippen LogP contribution is 2.02. The number of rotatable bonds is 4. The zero-order valence-corrected chi connectivity index (χ0v) is 8.97. The van der Waals surface area contributed by atoms with E-state index in [2.05, 4.69) is 26.8 Å². The van der Waals surface area contributed by atoms with Crippen molar-refractivity contribution in [2.75, 3.05) is 6.26 Å². The van der Waals surface area contributed by atoms with Crippen molar-refractivity contribution in [3.8, 4) is 0 Å². The van der Waals surface area contributed by atoms with Gasteiger partial charge in [-0.15, -0.1) is 0 Å². The molecule has 0 aliphatic rings. The molecular formula is C5H9N5O2S2. The molecule has 1 rings (SSSR count). The topological polar surface area (TPSA) is 92.7 Å². The van der Waals surface area contributed by atoms with Crippen molar-refractivity contribution < 1.29 is 8.42 Å². The minimum absolute atomic E-state index is 0.144. The van der Waals surface area contributed by atoms with E-state index in [9.17, 15) is 8.42 Å². The van der Waals surface area contributed by atoms with Gasteiger partial charge in [0.15, 0.2) is 0 Å². The van der Waals surface area contributed by atoms with E-state index in [1.165, 1.54) is 10.8 Å². The number of aromatic amines is 1. The van der Waals surface area contributed by atoms with E-state index in [1.54, 1.807) is 0 Å². The summed E-state index contributed by atoms with van der Waals surface area (Å²) in [5.41, 5.74) is 0. The van der Waals surface area contributed by atoms with Crippen LogP contribution < -0.4 is 4.72 Å². The molecule has 0 aliphatic carbocycles. The molecule has 1 atom stereocenters. The number of H-pyrrole nitrogens is 1. The van der Waals surface area contributed by atoms with Crippen LogP contribution in [0.15, 0.2) is 12.7 Å². The van der Waals surface area contributed by atoms with Gasteiger partial charge in [0.05, 0.1) is 6.26 Å². The predicted molar refractivity (Wildman–Crippen MR) is 52.4 cm³/mol. The van der Waals surface area contributed by atoms with E-state index >= 15 is 0 Å². The molecule has 1 unspecified atom stereocenters. The number of sulfonamides is 1. The summed E-state index contributed by atoms with van der Waals surface area (Å²) in [6.45, 7) is 3.47. The van der Waals surface area contributed by atoms with Crippen molar-refractivity contribution >= 4 is 22.2 Å². The van der Waals surface area contributed by atoms with Crippen LogP contribution in [-0.4, -0.2) is 34.9 Å². The van der Waals surface area contributed by atoms with Crippen molar-refractivity contribution in [2.45, 2.75) is 6.17 Å². The Balaban J connectivity index is 3.00. The largest absolute Gasteiger partial charge is 0.239 e. The van der Waals surface area contributed by atoms with Gasteiger partial charge >= 0.3 is 0 Å². The van der Waals surface area contributed by atoms with Crippen molar-refractivity contribution in [1.29, 1.82) is 0 Å². The number of tetrazole rings is 1. The Bertz CT molecular complexity index is 472. The Hall–Kier alpha value is -1.06. The Labute approximate surface area is 85.9 Å². The lowest BCUT2D eigenvalue weighted by atomic mass is 10.5. The van der Waals surface area contributed by atoms with Crippen LogP contribution in [0.1, 0.15) is 6.17 Å². The number of hydrogen-bond acceptors (Lipinski definition) is 5. The third-order valence-electron chi connectivity index (χ3n) is 1.33. The van der Waals surface area contributed by atoms with Gasteiger partial charge in [-0.25, -0.2) is 13.1 Å². The molecule has 1 aromatic heterocycles. The molecule has 2 N–H and O–H groups in total. The smallest absolute Gasteiger partial charge is 0.220 e. The van der Waals surface area contributed by atoms with E-state index in [-0.39, 0.29) is 4.77 Å². The number of nitrogens with one attached hydrogen (secondary N) is 2. The second kappa shape index (κ2) is 3.98. The fourth-order valence-electron chi connectivity index (χ4n) is 0.811. The standard InChI is InChI=1S/C5H9N5O2S2/c1-3-4(7-14(2,11)12)10-5(13)6-8-9-10/h3-4,7H,1H2,2H3,(H,6,9,13). The van der Waals surface area contributed by atoms with Gasteiger partial charge in [-0.3, -0.25) is 0 Å². The average Bonchev–Trinajstić information content (AvgIpc) is 2.45. The van der Waals surface area contributed by atoms with E-state index in [0.717, 1.165) is 6.26 Å². The van der Waals surface area contributed by atoms with Crippen LogP contribution in [0.5, 0.6) is 0 Å². The van der Waals surface area contributed by atoms with Crippen LogP contribution in [0.3, 0.4) is 0 Å². The molecule has 0 saturated carbocycles. The summed E-state index contributed by atoms with van der Waals surface area (Å²) in [7, 11) is -3.34. The molecule has 0 spiro atoms. The lowest BCUT2D eigenvalue weighted by Crippen LogP contribution is -2.30. The first kappa shape index (κ1) is 11.0. The Morgan fingerprint density at radius 3 is 2.79 bits per heavy atom. The average molecular weight is 235 g/mol. The second-order valence-electron chi connectivity index (χ2n) is 2.52. The van der Waals surface area contributed by atoms with Crippen LogP contribution in [0.2, 0.25) is 0 Å². The Kier molecular flexibility index (Phi) is 3.13. The molecule has 0 amide bonds. The number of hydrogen-bond donors (Lipinski definition) is 2. The second-order valence-corrected chi connectivity index (χ2v) is 4.67. The molecule has 0 bridgehead atoms. The van der Waals surface area contributed by atoms with Gasteiger partial charge in [-0.1, -0.05) is 23.0 Å². The summed E-state index contributed by atoms with van der Waals surface area (Å²) >= 11 is 4.79. The molecule has 1 aromatic rings. The summed E-state index contributed by atoms with van der Waals surface area (Å²) in [4.78, 5) is 0. The van der Waals surface area contributed by atoms with Gasteiger partial charge in [0.25, 0.3) is 0 Å². The van der Waals surface area contributed by atoms with Gasteiger partial charge in [0.2, 0.25) is 14.8 Å². The Morgan fingerprint density at radius 2 is 2.43 bits per heavy atom. The van der Waals surface area contributed by atoms with Crippen molar-refractivity contribution in [3.63, 3.8) is 0 Å². The summed E-state index contributed by atoms with van der Waals surface area (Å²) in [5.74, 6) is 0. The van der Waals surface area contributed by atoms with Crippen molar-refractivity contribution in [1.82, 2.24) is 24.9 Å². The predicted octanol–water partition coefficient (Wildman–Crippen LogP) is -0.431. The van der Waals surface area contributed by atoms with Gasteiger partial charge in [-0.2, -0.15) is 9.94 Å². The molecule has 9 heteroatoms. The van der Waals surface area contributed by atoms with Crippen LogP contribution >= 0.6 is 12.2 Å². The summed E-state index contributed by atoms with van der Waals surface area (Å²) in [5, 5.41) is 9.36. The monoisotopic (exact) mass is 235 g/mol. The zero-order chi connectivity index (χ0) is 10.8. The highest BCUT2D eigenvalue weighted by atomic mass is 32.2. The Morgan fingerprint density at radius 1 is 1.79 bits per heavy atom. The van der Waals surface area contributed by atoms with Gasteiger partial charge < -0.3 is 0 Å². The molecular weight excluding hydrogens is 226 g/mol. The van der Waals surface area contributed by atoms with E-state index in [0.29, 0.717) is 0 Å². The van der Waals surface area contributed by atoms with Crippen LogP contribution in [-0.2, 0) is 10.0 Å². The third kappa shape index (κ3) is 2.72. The van der Waals surface area contributed by atoms with E-state index < -0.39 is 16.2 Å². The highest BCUT2D eigenvalue weighted by Gasteiger charge is 2.13. The summed E-state index contributed by atoms with van der Waals surface area (Å²) < 4.78 is 25.6. The van der Waals surface area contributed by atoms with Gasteiger partial charge in [0.1, 0.15) is 6.17 Å². The lowest BCUT2D eigenvalue weighted by molar-refractivity contribution is 0.481. The van der Waals surface area contributed by atoms with Gasteiger partial charge in [-0.05, 0) is 12.2 Å². The summed E-state index contributed by atoms with van der Waals surface area (Å²) in [6.07, 6.45) is 1.71. The minimum atomic E-state index is -3.34. The SMILES string of the molecule is C=CC(NS(C)(=O)=O)n1[nH]nnc1=S. The van der Waals surface area contributed by atoms with Crippen molar-refractivity contribution in [2.24, 2.45) is 0 Å². The molecule has 1 heterocycles. The molecule has 0 radical (unpaired) electrons. The molecule has 0 fully saturated rings. The maximum Gasteiger partial charge on any atom is 0.239 e. The molecule has 7 nitrogen and oxygen atoms in total. The third-order valence-corrected chi connectivity index (χ3v) is 2.28. The summed E-state index contributed by atoms with van der Waals surface area (Å²) in [6, 6.07) is 0. The maximum absolute atomic E-state index is 10.9. The zero-order valence-electron chi connectivity index (χ0n) is 7.34. The van der Waals surface area contributed by atoms with Crippen molar-refractivity contribution in [3.05, 3.63) is 17.4 Å². The van der Waals surface area contributed by atoms with Crippen LogP contribution in [0, 0.1) is 4.77 Å². The van der Waals surface area contributed by atoms with Gasteiger partial charge in [0, 0.05) is 0 Å². The highest BCUT2D eigenvalue weighted by molar-refractivity contribution is 7.88. The lowest BCUT2D eigenvalue weighted by Gasteiger charge is -2.12.